The summed E-state index contributed by atoms with van der Waals surface area (Å²) >= 11 is 0. The second kappa shape index (κ2) is 20.1. The Morgan fingerprint density at radius 1 is 0.224 bits per heavy atom. The van der Waals surface area contributed by atoms with E-state index in [0.717, 1.165) is 166 Å². The van der Waals surface area contributed by atoms with Crippen molar-refractivity contribution in [1.82, 2.24) is 0 Å². The first-order chi connectivity index (χ1) is 48.1. The Labute approximate surface area is 564 Å². The van der Waals surface area contributed by atoms with Gasteiger partial charge in [0.05, 0.1) is 22.7 Å². The molecule has 6 nitrogen and oxygen atoms in total. The van der Waals surface area contributed by atoms with Crippen molar-refractivity contribution in [2.75, 3.05) is 9.80 Å². The first-order valence-electron chi connectivity index (χ1n) is 33.9. The molecule has 0 amide bonds. The lowest BCUT2D eigenvalue weighted by atomic mass is 9.79. The van der Waals surface area contributed by atoms with Gasteiger partial charge < -0.3 is 27.5 Å². The van der Waals surface area contributed by atoms with Crippen LogP contribution in [0.5, 0.6) is 0 Å². The summed E-state index contributed by atoms with van der Waals surface area (Å²) in [5, 5.41) is 12.8. The van der Waals surface area contributed by atoms with Crippen LogP contribution in [0.4, 0.5) is 34.1 Å². The van der Waals surface area contributed by atoms with Crippen LogP contribution in [0.25, 0.3) is 154 Å². The lowest BCUT2D eigenvalue weighted by Crippen LogP contribution is -2.15. The first-order valence-corrected chi connectivity index (χ1v) is 33.9. The molecule has 4 aromatic heterocycles. The molecule has 98 heavy (non-hydrogen) atoms. The van der Waals surface area contributed by atoms with E-state index < -0.39 is 0 Å². The lowest BCUT2D eigenvalue weighted by Gasteiger charge is -2.28. The molecule has 462 valence electrons. The third kappa shape index (κ3) is 7.62. The first kappa shape index (κ1) is 55.0. The number of hydrogen-bond acceptors (Lipinski definition) is 6. The fourth-order valence-electron chi connectivity index (χ4n) is 17.3. The fraction of sp³-hybridized carbons (Fsp3) is 0.0652. The van der Waals surface area contributed by atoms with Crippen LogP contribution >= 0.6 is 0 Å². The summed E-state index contributed by atoms with van der Waals surface area (Å²) in [5.74, 6) is 0. The van der Waals surface area contributed by atoms with Gasteiger partial charge in [-0.2, -0.15) is 0 Å². The molecular weight excluding hydrogens is 1200 g/mol. The highest BCUT2D eigenvalue weighted by Gasteiger charge is 2.38. The molecule has 19 aromatic rings. The van der Waals surface area contributed by atoms with Gasteiger partial charge in [0.1, 0.15) is 22.3 Å². The Hall–Kier alpha value is -12.4. The zero-order valence-corrected chi connectivity index (χ0v) is 54.2. The zero-order valence-electron chi connectivity index (χ0n) is 54.2. The van der Waals surface area contributed by atoms with Gasteiger partial charge in [-0.05, 0) is 173 Å². The molecule has 2 aliphatic rings. The van der Waals surface area contributed by atoms with E-state index in [-0.39, 0.29) is 10.8 Å². The molecule has 0 fully saturated rings. The van der Waals surface area contributed by atoms with Crippen LogP contribution in [-0.2, 0) is 10.8 Å². The largest absolute Gasteiger partial charge is 0.454 e. The SMILES string of the molecule is CC1(C)c2ccccc2-c2ccc(-c3c4ccc(N(c5cccc6c5oc5ccccc56)c5cccc6c5oc5ccccc56)cc4c(-c4ccc5c(c4)C(C)(C)c4ccccc4-5)c4ccc(N(c5cccc6c5oc5ccccc56)c5cccc6c5oc5ccccc56)cc34)cc21. The highest BCUT2D eigenvalue weighted by Crippen LogP contribution is 2.57. The van der Waals surface area contributed by atoms with Crippen molar-refractivity contribution >= 4 is 143 Å². The summed E-state index contributed by atoms with van der Waals surface area (Å²) in [6.45, 7) is 9.53. The van der Waals surface area contributed by atoms with E-state index in [0.29, 0.717) is 0 Å². The van der Waals surface area contributed by atoms with E-state index in [4.69, 9.17) is 17.7 Å². The maximum atomic E-state index is 7.04. The highest BCUT2D eigenvalue weighted by molar-refractivity contribution is 6.24. The Bertz CT molecular complexity index is 6040. The minimum atomic E-state index is -0.274. The molecule has 15 aromatic carbocycles. The second-order valence-electron chi connectivity index (χ2n) is 27.8. The number of hydrogen-bond donors (Lipinski definition) is 0. The number of fused-ring (bicyclic) bond motifs is 20. The molecule has 0 bridgehead atoms. The van der Waals surface area contributed by atoms with Crippen molar-refractivity contribution in [3.05, 3.63) is 313 Å². The molecule has 0 aliphatic heterocycles. The molecule has 2 aliphatic carbocycles. The van der Waals surface area contributed by atoms with E-state index in [1.165, 1.54) is 44.5 Å². The highest BCUT2D eigenvalue weighted by atomic mass is 16.3. The average molecular weight is 1260 g/mol. The van der Waals surface area contributed by atoms with Crippen LogP contribution in [0, 0.1) is 0 Å². The molecule has 6 heteroatoms. The van der Waals surface area contributed by atoms with Gasteiger partial charge in [-0.25, -0.2) is 0 Å². The Kier molecular flexibility index (Phi) is 11.3. The summed E-state index contributed by atoms with van der Waals surface area (Å²) in [5.41, 5.74) is 26.3. The molecule has 21 rings (SSSR count). The topological polar surface area (TPSA) is 59.0 Å². The number of para-hydroxylation sites is 8. The minimum Gasteiger partial charge on any atom is -0.454 e. The average Bonchev–Trinajstić information content (AvgIpc) is 1.08. The molecule has 0 radical (unpaired) electrons. The standard InChI is InChI=1S/C92H60N2O4/c1-91(2)73-31-11-5-21-57(73)59-45-41-53(49-75(59)91)85-65-47-43-56(94(79-35-19-29-69-63-25-9-15-39-83(63)97-89(69)79)80-36-20-30-70-64-26-10-16-40-84(64)98-90(70)80)52-72(65)86(54-42-46-60-58-22-6-12-32-74(58)92(3,4)76(60)50-54)66-48-44-55(51-71(66)85)93(77-33-17-27-67-61-23-7-13-37-81(61)95-87(67)77)78-34-18-28-68-62-24-8-14-38-82(62)96-88(68)78/h5-52H,1-4H3. The van der Waals surface area contributed by atoms with Crippen molar-refractivity contribution in [2.45, 2.75) is 38.5 Å². The molecule has 0 N–H and O–H groups in total. The molecule has 0 unspecified atom stereocenters. The summed E-state index contributed by atoms with van der Waals surface area (Å²) in [6.07, 6.45) is 0. The molecule has 0 saturated carbocycles. The second-order valence-corrected chi connectivity index (χ2v) is 27.8. The number of rotatable bonds is 8. The minimum absolute atomic E-state index is 0.274. The summed E-state index contributed by atoms with van der Waals surface area (Å²) in [6, 6.07) is 106. The third-order valence-corrected chi connectivity index (χ3v) is 21.8. The van der Waals surface area contributed by atoms with E-state index in [9.17, 15) is 0 Å². The molecule has 4 heterocycles. The lowest BCUT2D eigenvalue weighted by molar-refractivity contribution is 0.660. The van der Waals surface area contributed by atoms with E-state index in [1.54, 1.807) is 0 Å². The Morgan fingerprint density at radius 3 is 0.867 bits per heavy atom. The van der Waals surface area contributed by atoms with Crippen molar-refractivity contribution in [2.24, 2.45) is 0 Å². The van der Waals surface area contributed by atoms with Crippen LogP contribution in [0.3, 0.4) is 0 Å². The van der Waals surface area contributed by atoms with Gasteiger partial charge in [-0.15, -0.1) is 0 Å². The number of benzene rings is 15. The number of furan rings is 4. The van der Waals surface area contributed by atoms with Crippen LogP contribution in [0.1, 0.15) is 49.9 Å². The maximum Gasteiger partial charge on any atom is 0.159 e. The summed E-state index contributed by atoms with van der Waals surface area (Å²) in [4.78, 5) is 4.75. The maximum absolute atomic E-state index is 7.04. The summed E-state index contributed by atoms with van der Waals surface area (Å²) in [7, 11) is 0. The molecule has 0 spiro atoms. The predicted molar refractivity (Wildman–Crippen MR) is 406 cm³/mol. The van der Waals surface area contributed by atoms with Crippen molar-refractivity contribution in [3.8, 4) is 44.5 Å². The van der Waals surface area contributed by atoms with Crippen LogP contribution in [0.2, 0.25) is 0 Å². The fourth-order valence-corrected chi connectivity index (χ4v) is 17.3. The van der Waals surface area contributed by atoms with Crippen molar-refractivity contribution in [3.63, 3.8) is 0 Å². The van der Waals surface area contributed by atoms with Gasteiger partial charge in [0.25, 0.3) is 0 Å². The van der Waals surface area contributed by atoms with Gasteiger partial charge in [0, 0.05) is 65.3 Å². The smallest absolute Gasteiger partial charge is 0.159 e. The molecule has 0 saturated heterocycles. The third-order valence-electron chi connectivity index (χ3n) is 21.8. The van der Waals surface area contributed by atoms with Crippen LogP contribution in [0.15, 0.2) is 309 Å². The van der Waals surface area contributed by atoms with Gasteiger partial charge in [0.15, 0.2) is 22.3 Å². The molecule has 0 atom stereocenters. The Balaban J connectivity index is 0.903. The monoisotopic (exact) mass is 1260 g/mol. The zero-order chi connectivity index (χ0) is 64.9. The normalized spacial score (nSPS) is 13.7. The van der Waals surface area contributed by atoms with Gasteiger partial charge in [-0.3, -0.25) is 0 Å². The van der Waals surface area contributed by atoms with Gasteiger partial charge in [-0.1, -0.05) is 234 Å². The quantitative estimate of drug-likeness (QED) is 0.141. The van der Waals surface area contributed by atoms with E-state index in [1.807, 2.05) is 24.3 Å². The van der Waals surface area contributed by atoms with Crippen molar-refractivity contribution < 1.29 is 17.7 Å². The molecular formula is C92H60N2O4. The van der Waals surface area contributed by atoms with Gasteiger partial charge >= 0.3 is 0 Å². The number of anilines is 6. The van der Waals surface area contributed by atoms with Crippen LogP contribution < -0.4 is 9.80 Å². The van der Waals surface area contributed by atoms with Gasteiger partial charge in [0.2, 0.25) is 0 Å². The summed E-state index contributed by atoms with van der Waals surface area (Å²) < 4.78 is 28.2. The number of nitrogens with zero attached hydrogens (tertiary/aromatic N) is 2. The van der Waals surface area contributed by atoms with Crippen molar-refractivity contribution in [1.29, 1.82) is 0 Å². The predicted octanol–water partition coefficient (Wildman–Crippen LogP) is 26.5. The van der Waals surface area contributed by atoms with E-state index >= 15 is 0 Å². The van der Waals surface area contributed by atoms with E-state index in [2.05, 4.69) is 304 Å². The van der Waals surface area contributed by atoms with Crippen LogP contribution in [-0.4, -0.2) is 0 Å². The Morgan fingerprint density at radius 2 is 0.520 bits per heavy atom.